The summed E-state index contributed by atoms with van der Waals surface area (Å²) in [6, 6.07) is 0. The third-order valence-electron chi connectivity index (χ3n) is 7.98. The highest BCUT2D eigenvalue weighted by Crippen LogP contribution is 2.46. The van der Waals surface area contributed by atoms with Crippen LogP contribution < -0.4 is 0 Å². The van der Waals surface area contributed by atoms with E-state index in [1.807, 2.05) is 0 Å². The van der Waals surface area contributed by atoms with Crippen LogP contribution in [0.1, 0.15) is 96.8 Å². The number of hydrogen-bond acceptors (Lipinski definition) is 0. The van der Waals surface area contributed by atoms with E-state index in [0.29, 0.717) is 18.8 Å². The van der Waals surface area contributed by atoms with Crippen LogP contribution in [0.5, 0.6) is 0 Å². The summed E-state index contributed by atoms with van der Waals surface area (Å²) in [4.78, 5) is 0. The molecule has 0 radical (unpaired) electrons. The quantitative estimate of drug-likeness (QED) is 0.311. The van der Waals surface area contributed by atoms with E-state index in [4.69, 9.17) is 0 Å². The topological polar surface area (TPSA) is 0 Å². The van der Waals surface area contributed by atoms with Crippen LogP contribution >= 0.6 is 0 Å². The molecule has 3 heteroatoms. The van der Waals surface area contributed by atoms with Crippen molar-refractivity contribution < 1.29 is 13.2 Å². The molecule has 0 aliphatic heterocycles. The summed E-state index contributed by atoms with van der Waals surface area (Å²) in [6.45, 7) is 2.10. The van der Waals surface area contributed by atoms with Gasteiger partial charge in [0.2, 0.25) is 0 Å². The maximum atomic E-state index is 12.9. The molecule has 0 nitrogen and oxygen atoms in total. The summed E-state index contributed by atoms with van der Waals surface area (Å²) in [5, 5.41) is 0. The Labute approximate surface area is 170 Å². The maximum absolute atomic E-state index is 12.9. The Morgan fingerprint density at radius 3 is 2.21 bits per heavy atom. The molecular formula is C25H39F3. The van der Waals surface area contributed by atoms with Crippen molar-refractivity contribution in [1.29, 1.82) is 0 Å². The van der Waals surface area contributed by atoms with E-state index in [2.05, 4.69) is 25.2 Å². The van der Waals surface area contributed by atoms with Crippen molar-refractivity contribution >= 4 is 0 Å². The van der Waals surface area contributed by atoms with Crippen LogP contribution in [0.3, 0.4) is 0 Å². The molecule has 0 N–H and O–H groups in total. The van der Waals surface area contributed by atoms with E-state index in [1.165, 1.54) is 63.4 Å². The molecule has 2 fully saturated rings. The minimum atomic E-state index is -3.98. The molecule has 3 aliphatic carbocycles. The first-order valence-electron chi connectivity index (χ1n) is 11.8. The number of alkyl halides is 3. The van der Waals surface area contributed by atoms with Gasteiger partial charge in [0.25, 0.3) is 0 Å². The van der Waals surface area contributed by atoms with Crippen LogP contribution in [-0.4, -0.2) is 6.18 Å². The molecule has 0 heterocycles. The molecule has 0 saturated heterocycles. The van der Waals surface area contributed by atoms with Crippen molar-refractivity contribution in [3.8, 4) is 0 Å². The average molecular weight is 397 g/mol. The second-order valence-electron chi connectivity index (χ2n) is 9.68. The van der Waals surface area contributed by atoms with Gasteiger partial charge in [0.05, 0.1) is 5.92 Å². The molecule has 160 valence electrons. The lowest BCUT2D eigenvalue weighted by Gasteiger charge is -2.37. The van der Waals surface area contributed by atoms with Gasteiger partial charge in [0.1, 0.15) is 0 Å². The molecule has 3 rings (SSSR count). The Kier molecular flexibility index (Phi) is 8.12. The summed E-state index contributed by atoms with van der Waals surface area (Å²) in [5.41, 5.74) is 1.49. The van der Waals surface area contributed by atoms with Crippen LogP contribution in [-0.2, 0) is 0 Å². The maximum Gasteiger partial charge on any atom is 0.391 e. The van der Waals surface area contributed by atoms with Crippen molar-refractivity contribution in [2.75, 3.05) is 0 Å². The van der Waals surface area contributed by atoms with Crippen molar-refractivity contribution in [3.05, 3.63) is 23.8 Å². The van der Waals surface area contributed by atoms with Gasteiger partial charge in [-0.05, 0) is 101 Å². The Hall–Kier alpha value is -0.730. The number of unbranched alkanes of at least 4 members (excludes halogenated alkanes) is 1. The highest BCUT2D eigenvalue weighted by Gasteiger charge is 2.42. The summed E-state index contributed by atoms with van der Waals surface area (Å²) in [5.74, 6) is 2.06. The average Bonchev–Trinajstić information content (AvgIpc) is 2.71. The molecular weight excluding hydrogens is 357 g/mol. The lowest BCUT2D eigenvalue weighted by molar-refractivity contribution is -0.183. The minimum Gasteiger partial charge on any atom is -0.171 e. The number of rotatable bonds is 6. The fourth-order valence-corrected chi connectivity index (χ4v) is 6.10. The summed E-state index contributed by atoms with van der Waals surface area (Å²) >= 11 is 0. The normalized spacial score (nSPS) is 35.1. The molecule has 0 unspecified atom stereocenters. The molecule has 0 amide bonds. The SMILES string of the molecule is C/C=C/CCCC1CCC([C@H]2CC=C(C3CCC(C(F)(F)F)CC3)CC2)CC1. The zero-order chi connectivity index (χ0) is 20.0. The van der Waals surface area contributed by atoms with Gasteiger partial charge in [-0.3, -0.25) is 0 Å². The van der Waals surface area contributed by atoms with E-state index in [-0.39, 0.29) is 0 Å². The van der Waals surface area contributed by atoms with E-state index in [1.54, 1.807) is 0 Å². The first kappa shape index (κ1) is 22.0. The molecule has 28 heavy (non-hydrogen) atoms. The van der Waals surface area contributed by atoms with Crippen LogP contribution in [0.15, 0.2) is 23.8 Å². The van der Waals surface area contributed by atoms with Crippen LogP contribution in [0, 0.1) is 29.6 Å². The molecule has 0 spiro atoms. The highest BCUT2D eigenvalue weighted by molar-refractivity contribution is 5.12. The minimum absolute atomic E-state index is 0.340. The lowest BCUT2D eigenvalue weighted by atomic mass is 9.68. The van der Waals surface area contributed by atoms with Crippen LogP contribution in [0.4, 0.5) is 13.2 Å². The monoisotopic (exact) mass is 396 g/mol. The molecule has 2 saturated carbocycles. The zero-order valence-electron chi connectivity index (χ0n) is 17.7. The third-order valence-corrected chi connectivity index (χ3v) is 7.98. The molecule has 0 aromatic heterocycles. The Balaban J connectivity index is 1.38. The molecule has 1 atom stereocenters. The van der Waals surface area contributed by atoms with Crippen molar-refractivity contribution in [2.24, 2.45) is 29.6 Å². The molecule has 0 aromatic carbocycles. The summed E-state index contributed by atoms with van der Waals surface area (Å²) in [7, 11) is 0. The van der Waals surface area contributed by atoms with Gasteiger partial charge < -0.3 is 0 Å². The van der Waals surface area contributed by atoms with Gasteiger partial charge in [-0.25, -0.2) is 0 Å². The predicted molar refractivity (Wildman–Crippen MR) is 111 cm³/mol. The number of allylic oxidation sites excluding steroid dienone is 4. The van der Waals surface area contributed by atoms with Crippen molar-refractivity contribution in [1.82, 2.24) is 0 Å². The first-order chi connectivity index (χ1) is 13.5. The molecule has 0 bridgehead atoms. The smallest absolute Gasteiger partial charge is 0.171 e. The van der Waals surface area contributed by atoms with Gasteiger partial charge >= 0.3 is 6.18 Å². The number of halogens is 3. The zero-order valence-corrected chi connectivity index (χ0v) is 17.7. The summed E-state index contributed by atoms with van der Waals surface area (Å²) in [6.07, 6.45) is 18.3. The summed E-state index contributed by atoms with van der Waals surface area (Å²) < 4.78 is 38.6. The van der Waals surface area contributed by atoms with E-state index in [9.17, 15) is 13.2 Å². The van der Waals surface area contributed by atoms with Crippen LogP contribution in [0.2, 0.25) is 0 Å². The second-order valence-corrected chi connectivity index (χ2v) is 9.68. The van der Waals surface area contributed by atoms with Gasteiger partial charge in [0, 0.05) is 0 Å². The van der Waals surface area contributed by atoms with Crippen LogP contribution in [0.25, 0.3) is 0 Å². The number of hydrogen-bond donors (Lipinski definition) is 0. The Bertz CT molecular complexity index is 514. The largest absolute Gasteiger partial charge is 0.391 e. The molecule has 3 aliphatic rings. The van der Waals surface area contributed by atoms with Gasteiger partial charge in [-0.2, -0.15) is 13.2 Å². The van der Waals surface area contributed by atoms with Gasteiger partial charge in [-0.15, -0.1) is 0 Å². The predicted octanol–water partition coefficient (Wildman–Crippen LogP) is 8.63. The van der Waals surface area contributed by atoms with E-state index < -0.39 is 12.1 Å². The third kappa shape index (κ3) is 6.13. The Morgan fingerprint density at radius 2 is 1.64 bits per heavy atom. The fraction of sp³-hybridized carbons (Fsp3) is 0.840. The lowest BCUT2D eigenvalue weighted by Crippen LogP contribution is -2.29. The fourth-order valence-electron chi connectivity index (χ4n) is 6.10. The standard InChI is InChI=1S/C25H39F3/c1-2-3-4-5-6-19-7-9-20(10-8-19)21-11-13-22(14-12-21)23-15-17-24(18-16-23)25(26,27)28/h2-3,13,19-21,23-24H,4-12,14-18H2,1H3/b3-2+/t19?,20?,21-,23?,24?/m0/s1. The Morgan fingerprint density at radius 1 is 0.929 bits per heavy atom. The van der Waals surface area contributed by atoms with Gasteiger partial charge in [-0.1, -0.05) is 43.1 Å². The molecule has 0 aromatic rings. The van der Waals surface area contributed by atoms with E-state index >= 15 is 0 Å². The van der Waals surface area contributed by atoms with Crippen molar-refractivity contribution in [3.63, 3.8) is 0 Å². The second kappa shape index (κ2) is 10.3. The highest BCUT2D eigenvalue weighted by atomic mass is 19.4. The first-order valence-corrected chi connectivity index (χ1v) is 11.8. The van der Waals surface area contributed by atoms with E-state index in [0.717, 1.165) is 37.0 Å². The van der Waals surface area contributed by atoms with Crippen molar-refractivity contribution in [2.45, 2.75) is 103 Å². The van der Waals surface area contributed by atoms with Gasteiger partial charge in [0.15, 0.2) is 0 Å².